The number of nitrogens with one attached hydrogen (secondary N) is 2. The first-order valence-corrected chi connectivity index (χ1v) is 8.47. The largest absolute Gasteiger partial charge is 0.497 e. The van der Waals surface area contributed by atoms with E-state index in [0.29, 0.717) is 12.6 Å². The Bertz CT molecular complexity index is 651. The van der Waals surface area contributed by atoms with Crippen LogP contribution in [0.5, 0.6) is 5.75 Å². The van der Waals surface area contributed by atoms with Crippen LogP contribution in [0, 0.1) is 0 Å². The van der Waals surface area contributed by atoms with Crippen LogP contribution in [0.4, 0.5) is 4.79 Å². The van der Waals surface area contributed by atoms with Gasteiger partial charge in [-0.05, 0) is 42.5 Å². The quantitative estimate of drug-likeness (QED) is 0.819. The summed E-state index contributed by atoms with van der Waals surface area (Å²) in [6.07, 6.45) is 3.07. The van der Waals surface area contributed by atoms with E-state index < -0.39 is 0 Å². The van der Waals surface area contributed by atoms with Crippen molar-refractivity contribution in [2.45, 2.75) is 31.2 Å². The van der Waals surface area contributed by atoms with Crippen molar-refractivity contribution in [1.82, 2.24) is 10.6 Å². The topological polar surface area (TPSA) is 50.4 Å². The number of benzene rings is 2. The molecule has 0 spiro atoms. The van der Waals surface area contributed by atoms with Gasteiger partial charge in [0.25, 0.3) is 0 Å². The molecule has 1 aliphatic rings. The molecular weight excluding hydrogens is 300 g/mol. The molecular formula is C20H24N2O2. The normalized spacial score (nSPS) is 14.7. The summed E-state index contributed by atoms with van der Waals surface area (Å²) in [5.41, 5.74) is 2.47. The molecule has 126 valence electrons. The summed E-state index contributed by atoms with van der Waals surface area (Å²) in [5, 5.41) is 5.99. The standard InChI is InChI=1S/C20H24N2O2/c1-24-19-11-7-15(8-12-19)13-17(16-5-3-2-4-6-16)14-21-20(23)22-18-9-10-18/h2-8,11-12,17-18H,9-10,13-14H2,1H3,(H2,21,22,23). The number of rotatable bonds is 7. The van der Waals surface area contributed by atoms with Gasteiger partial charge in [-0.1, -0.05) is 42.5 Å². The Labute approximate surface area is 143 Å². The minimum Gasteiger partial charge on any atom is -0.497 e. The van der Waals surface area contributed by atoms with Gasteiger partial charge in [0, 0.05) is 18.5 Å². The lowest BCUT2D eigenvalue weighted by Crippen LogP contribution is -2.39. The lowest BCUT2D eigenvalue weighted by atomic mass is 9.92. The van der Waals surface area contributed by atoms with Crippen molar-refractivity contribution in [2.75, 3.05) is 13.7 Å². The number of carbonyl (C=O) groups is 1. The van der Waals surface area contributed by atoms with Crippen LogP contribution < -0.4 is 15.4 Å². The van der Waals surface area contributed by atoms with Gasteiger partial charge < -0.3 is 15.4 Å². The third-order valence-electron chi connectivity index (χ3n) is 4.33. The number of carbonyl (C=O) groups excluding carboxylic acids is 1. The summed E-state index contributed by atoms with van der Waals surface area (Å²) < 4.78 is 5.22. The summed E-state index contributed by atoms with van der Waals surface area (Å²) >= 11 is 0. The summed E-state index contributed by atoms with van der Waals surface area (Å²) in [4.78, 5) is 11.9. The molecule has 0 radical (unpaired) electrons. The van der Waals surface area contributed by atoms with Gasteiger partial charge in [0.1, 0.15) is 5.75 Å². The van der Waals surface area contributed by atoms with Gasteiger partial charge in [-0.25, -0.2) is 4.79 Å². The van der Waals surface area contributed by atoms with Gasteiger partial charge in [0.15, 0.2) is 0 Å². The lowest BCUT2D eigenvalue weighted by Gasteiger charge is -2.19. The first-order chi connectivity index (χ1) is 11.7. The van der Waals surface area contributed by atoms with Crippen molar-refractivity contribution >= 4 is 6.03 Å². The van der Waals surface area contributed by atoms with E-state index in [4.69, 9.17) is 4.74 Å². The number of hydrogen-bond acceptors (Lipinski definition) is 2. The average molecular weight is 324 g/mol. The Balaban J connectivity index is 1.65. The molecule has 2 aromatic rings. The Kier molecular flexibility index (Phi) is 5.36. The third-order valence-corrected chi connectivity index (χ3v) is 4.33. The van der Waals surface area contributed by atoms with E-state index in [-0.39, 0.29) is 11.9 Å². The van der Waals surface area contributed by atoms with Crippen LogP contribution in [0.25, 0.3) is 0 Å². The zero-order chi connectivity index (χ0) is 16.8. The highest BCUT2D eigenvalue weighted by Gasteiger charge is 2.23. The molecule has 0 aliphatic heterocycles. The van der Waals surface area contributed by atoms with E-state index in [0.717, 1.165) is 25.0 Å². The summed E-state index contributed by atoms with van der Waals surface area (Å²) in [6.45, 7) is 0.620. The summed E-state index contributed by atoms with van der Waals surface area (Å²) in [7, 11) is 1.67. The van der Waals surface area contributed by atoms with Gasteiger partial charge in [0.05, 0.1) is 7.11 Å². The Hall–Kier alpha value is -2.49. The third kappa shape index (κ3) is 4.75. The number of hydrogen-bond donors (Lipinski definition) is 2. The van der Waals surface area contributed by atoms with Crippen molar-refractivity contribution in [2.24, 2.45) is 0 Å². The highest BCUT2D eigenvalue weighted by molar-refractivity contribution is 5.74. The smallest absolute Gasteiger partial charge is 0.315 e. The Morgan fingerprint density at radius 3 is 2.46 bits per heavy atom. The molecule has 3 rings (SSSR count). The lowest BCUT2D eigenvalue weighted by molar-refractivity contribution is 0.239. The molecule has 2 aromatic carbocycles. The number of amides is 2. The molecule has 1 aliphatic carbocycles. The second-order valence-corrected chi connectivity index (χ2v) is 6.29. The van der Waals surface area contributed by atoms with Crippen LogP contribution >= 0.6 is 0 Å². The second-order valence-electron chi connectivity index (χ2n) is 6.29. The second kappa shape index (κ2) is 7.86. The number of methoxy groups -OCH3 is 1. The minimum atomic E-state index is -0.0619. The van der Waals surface area contributed by atoms with Gasteiger partial charge in [-0.3, -0.25) is 0 Å². The van der Waals surface area contributed by atoms with Crippen molar-refractivity contribution in [1.29, 1.82) is 0 Å². The van der Waals surface area contributed by atoms with Crippen molar-refractivity contribution < 1.29 is 9.53 Å². The first kappa shape index (κ1) is 16.4. The molecule has 1 saturated carbocycles. The molecule has 24 heavy (non-hydrogen) atoms. The molecule has 0 aromatic heterocycles. The van der Waals surface area contributed by atoms with E-state index in [1.54, 1.807) is 7.11 Å². The SMILES string of the molecule is COc1ccc(CC(CNC(=O)NC2CC2)c2ccccc2)cc1. The van der Waals surface area contributed by atoms with E-state index in [1.807, 2.05) is 30.3 Å². The van der Waals surface area contributed by atoms with Crippen LogP contribution in [0.1, 0.15) is 29.9 Å². The fourth-order valence-electron chi connectivity index (χ4n) is 2.76. The van der Waals surface area contributed by atoms with Gasteiger partial charge in [-0.15, -0.1) is 0 Å². The molecule has 0 heterocycles. The average Bonchev–Trinajstić information content (AvgIpc) is 3.44. The van der Waals surface area contributed by atoms with Crippen molar-refractivity contribution in [3.63, 3.8) is 0 Å². The molecule has 0 saturated heterocycles. The molecule has 1 atom stereocenters. The predicted octanol–water partition coefficient (Wildman–Crippen LogP) is 3.48. The Morgan fingerprint density at radius 1 is 1.12 bits per heavy atom. The van der Waals surface area contributed by atoms with Gasteiger partial charge in [0.2, 0.25) is 0 Å². The fraction of sp³-hybridized carbons (Fsp3) is 0.350. The first-order valence-electron chi connectivity index (χ1n) is 8.47. The zero-order valence-electron chi connectivity index (χ0n) is 14.0. The molecule has 4 nitrogen and oxygen atoms in total. The molecule has 0 bridgehead atoms. The molecule has 1 fully saturated rings. The van der Waals surface area contributed by atoms with E-state index in [1.165, 1.54) is 11.1 Å². The van der Waals surface area contributed by atoms with Crippen LogP contribution in [-0.4, -0.2) is 25.7 Å². The summed E-state index contributed by atoms with van der Waals surface area (Å²) in [6, 6.07) is 18.8. The van der Waals surface area contributed by atoms with Crippen LogP contribution in [0.2, 0.25) is 0 Å². The number of ether oxygens (including phenoxy) is 1. The maximum Gasteiger partial charge on any atom is 0.315 e. The summed E-state index contributed by atoms with van der Waals surface area (Å²) in [5.74, 6) is 1.10. The predicted molar refractivity (Wildman–Crippen MR) is 95.4 cm³/mol. The molecule has 2 amide bonds. The monoisotopic (exact) mass is 324 g/mol. The highest BCUT2D eigenvalue weighted by Crippen LogP contribution is 2.22. The van der Waals surface area contributed by atoms with Crippen molar-refractivity contribution in [3.05, 3.63) is 65.7 Å². The van der Waals surface area contributed by atoms with Gasteiger partial charge in [-0.2, -0.15) is 0 Å². The molecule has 1 unspecified atom stereocenters. The van der Waals surface area contributed by atoms with Crippen LogP contribution in [0.15, 0.2) is 54.6 Å². The van der Waals surface area contributed by atoms with E-state index >= 15 is 0 Å². The number of urea groups is 1. The van der Waals surface area contributed by atoms with Crippen LogP contribution in [-0.2, 0) is 6.42 Å². The van der Waals surface area contributed by atoms with Crippen molar-refractivity contribution in [3.8, 4) is 5.75 Å². The Morgan fingerprint density at radius 2 is 1.83 bits per heavy atom. The van der Waals surface area contributed by atoms with Crippen LogP contribution in [0.3, 0.4) is 0 Å². The molecule has 4 heteroatoms. The fourth-order valence-corrected chi connectivity index (χ4v) is 2.76. The highest BCUT2D eigenvalue weighted by atomic mass is 16.5. The maximum absolute atomic E-state index is 11.9. The van der Waals surface area contributed by atoms with Gasteiger partial charge >= 0.3 is 6.03 Å². The van der Waals surface area contributed by atoms with E-state index in [9.17, 15) is 4.79 Å². The zero-order valence-corrected chi connectivity index (χ0v) is 14.0. The molecule has 2 N–H and O–H groups in total. The van der Waals surface area contributed by atoms with E-state index in [2.05, 4.69) is 34.9 Å². The maximum atomic E-state index is 11.9. The minimum absolute atomic E-state index is 0.0619.